The Morgan fingerprint density at radius 1 is 0.833 bits per heavy atom. The van der Waals surface area contributed by atoms with Gasteiger partial charge in [0.1, 0.15) is 0 Å². The highest BCUT2D eigenvalue weighted by Gasteiger charge is 2.31. The van der Waals surface area contributed by atoms with E-state index in [1.54, 1.807) is 0 Å². The van der Waals surface area contributed by atoms with E-state index in [9.17, 15) is 4.79 Å². The minimum absolute atomic E-state index is 0.0993. The molecule has 4 rings (SSSR count). The second kappa shape index (κ2) is 10.1. The third-order valence-electron chi connectivity index (χ3n) is 6.18. The Balaban J connectivity index is 1.27. The molecule has 0 spiro atoms. The second-order valence-corrected chi connectivity index (χ2v) is 9.22. The largest absolute Gasteiger partial charge is 0.340 e. The van der Waals surface area contributed by atoms with Crippen LogP contribution in [0, 0.1) is 5.92 Å². The number of likely N-dealkylation sites (tertiary alicyclic amines) is 1. The summed E-state index contributed by atoms with van der Waals surface area (Å²) in [5, 5.41) is 1.17. The Kier molecular flexibility index (Phi) is 7.32. The van der Waals surface area contributed by atoms with Crippen LogP contribution in [0.15, 0.2) is 48.5 Å². The lowest BCUT2D eigenvalue weighted by Gasteiger charge is -2.39. The number of rotatable bonds is 5. The van der Waals surface area contributed by atoms with E-state index in [4.69, 9.17) is 23.2 Å². The fourth-order valence-corrected chi connectivity index (χ4v) is 4.84. The molecule has 2 saturated heterocycles. The van der Waals surface area contributed by atoms with Crippen molar-refractivity contribution in [3.05, 3.63) is 69.7 Å². The molecular formula is C24H29Cl2N3O. The van der Waals surface area contributed by atoms with Gasteiger partial charge in [0, 0.05) is 45.8 Å². The molecule has 0 bridgehead atoms. The molecule has 1 amide bonds. The molecule has 30 heavy (non-hydrogen) atoms. The minimum atomic E-state index is 0.0993. The van der Waals surface area contributed by atoms with Gasteiger partial charge in [0.05, 0.1) is 16.0 Å². The first-order valence-electron chi connectivity index (χ1n) is 10.8. The Hall–Kier alpha value is -1.59. The van der Waals surface area contributed by atoms with Crippen LogP contribution in [-0.2, 0) is 17.9 Å². The highest BCUT2D eigenvalue weighted by molar-refractivity contribution is 6.42. The number of piperidine rings is 1. The molecule has 2 aliphatic heterocycles. The number of piperazine rings is 1. The van der Waals surface area contributed by atoms with E-state index in [0.29, 0.717) is 16.0 Å². The van der Waals surface area contributed by atoms with E-state index >= 15 is 0 Å². The van der Waals surface area contributed by atoms with E-state index in [1.807, 2.05) is 18.2 Å². The standard InChI is InChI=1S/C24H29Cl2N3O/c25-22-9-8-20(15-23(22)26)17-28-10-4-7-21(18-28)24(30)29-13-11-27(12-14-29)16-19-5-2-1-3-6-19/h1-3,5-6,8-9,15,21H,4,7,10-14,16-18H2. The topological polar surface area (TPSA) is 26.8 Å². The summed E-state index contributed by atoms with van der Waals surface area (Å²) in [6, 6.07) is 16.4. The van der Waals surface area contributed by atoms with Gasteiger partial charge in [0.2, 0.25) is 5.91 Å². The zero-order valence-electron chi connectivity index (χ0n) is 17.3. The highest BCUT2D eigenvalue weighted by Crippen LogP contribution is 2.25. The third kappa shape index (κ3) is 5.55. The van der Waals surface area contributed by atoms with Gasteiger partial charge in [-0.1, -0.05) is 59.6 Å². The molecule has 0 radical (unpaired) electrons. The normalized spacial score (nSPS) is 21.0. The fourth-order valence-electron chi connectivity index (χ4n) is 4.52. The summed E-state index contributed by atoms with van der Waals surface area (Å²) in [6.45, 7) is 7.16. The van der Waals surface area contributed by atoms with Crippen LogP contribution in [0.4, 0.5) is 0 Å². The predicted octanol–water partition coefficient (Wildman–Crippen LogP) is 4.55. The summed E-state index contributed by atoms with van der Waals surface area (Å²) in [6.07, 6.45) is 2.05. The number of benzene rings is 2. The summed E-state index contributed by atoms with van der Waals surface area (Å²) >= 11 is 12.2. The van der Waals surface area contributed by atoms with Crippen LogP contribution in [0.25, 0.3) is 0 Å². The summed E-state index contributed by atoms with van der Waals surface area (Å²) in [5.74, 6) is 0.426. The first kappa shape index (κ1) is 21.6. The third-order valence-corrected chi connectivity index (χ3v) is 6.92. The van der Waals surface area contributed by atoms with E-state index < -0.39 is 0 Å². The molecule has 4 nitrogen and oxygen atoms in total. The Labute approximate surface area is 189 Å². The van der Waals surface area contributed by atoms with E-state index in [1.165, 1.54) is 5.56 Å². The lowest BCUT2D eigenvalue weighted by Crippen LogP contribution is -2.52. The molecule has 0 aliphatic carbocycles. The van der Waals surface area contributed by atoms with Crippen LogP contribution in [0.2, 0.25) is 10.0 Å². The molecule has 2 heterocycles. The Morgan fingerprint density at radius 2 is 1.57 bits per heavy atom. The SMILES string of the molecule is O=C(C1CCCN(Cc2ccc(Cl)c(Cl)c2)C1)N1CCN(Cc2ccccc2)CC1. The monoisotopic (exact) mass is 445 g/mol. The van der Waals surface area contributed by atoms with Crippen LogP contribution in [0.3, 0.4) is 0 Å². The van der Waals surface area contributed by atoms with Crippen LogP contribution >= 0.6 is 23.2 Å². The number of hydrogen-bond acceptors (Lipinski definition) is 3. The molecule has 2 aromatic carbocycles. The van der Waals surface area contributed by atoms with Crippen molar-refractivity contribution in [3.63, 3.8) is 0 Å². The molecule has 0 aromatic heterocycles. The van der Waals surface area contributed by atoms with Gasteiger partial charge >= 0.3 is 0 Å². The Bertz CT molecular complexity index is 853. The van der Waals surface area contributed by atoms with Crippen LogP contribution < -0.4 is 0 Å². The van der Waals surface area contributed by atoms with Crippen LogP contribution in [0.5, 0.6) is 0 Å². The summed E-state index contributed by atoms with van der Waals surface area (Å²) in [7, 11) is 0. The van der Waals surface area contributed by atoms with Crippen molar-refractivity contribution in [1.29, 1.82) is 0 Å². The van der Waals surface area contributed by atoms with Gasteiger partial charge in [-0.15, -0.1) is 0 Å². The average molecular weight is 446 g/mol. The van der Waals surface area contributed by atoms with Gasteiger partial charge in [-0.3, -0.25) is 14.6 Å². The first-order chi connectivity index (χ1) is 14.6. The van der Waals surface area contributed by atoms with Crippen molar-refractivity contribution in [2.45, 2.75) is 25.9 Å². The summed E-state index contributed by atoms with van der Waals surface area (Å²) in [4.78, 5) is 20.0. The second-order valence-electron chi connectivity index (χ2n) is 8.41. The van der Waals surface area contributed by atoms with E-state index in [2.05, 4.69) is 45.0 Å². The lowest BCUT2D eigenvalue weighted by atomic mass is 9.95. The molecule has 160 valence electrons. The Morgan fingerprint density at radius 3 is 2.30 bits per heavy atom. The maximum absolute atomic E-state index is 13.2. The quantitative estimate of drug-likeness (QED) is 0.675. The number of hydrogen-bond donors (Lipinski definition) is 0. The zero-order valence-corrected chi connectivity index (χ0v) is 18.8. The van der Waals surface area contributed by atoms with Crippen molar-refractivity contribution >= 4 is 29.1 Å². The number of halogens is 2. The average Bonchev–Trinajstić information content (AvgIpc) is 2.77. The molecule has 2 fully saturated rings. The van der Waals surface area contributed by atoms with Gasteiger partial charge < -0.3 is 4.90 Å². The van der Waals surface area contributed by atoms with Gasteiger partial charge in [-0.05, 0) is 42.6 Å². The first-order valence-corrected chi connectivity index (χ1v) is 11.6. The minimum Gasteiger partial charge on any atom is -0.340 e. The molecule has 2 aromatic rings. The molecule has 0 saturated carbocycles. The molecule has 1 unspecified atom stereocenters. The maximum atomic E-state index is 13.2. The van der Waals surface area contributed by atoms with Crippen molar-refractivity contribution in [3.8, 4) is 0 Å². The zero-order chi connectivity index (χ0) is 20.9. The maximum Gasteiger partial charge on any atom is 0.227 e. The van der Waals surface area contributed by atoms with Crippen molar-refractivity contribution in [1.82, 2.24) is 14.7 Å². The summed E-state index contributed by atoms with van der Waals surface area (Å²) < 4.78 is 0. The molecule has 2 aliphatic rings. The van der Waals surface area contributed by atoms with Crippen molar-refractivity contribution in [2.75, 3.05) is 39.3 Å². The fraction of sp³-hybridized carbons (Fsp3) is 0.458. The predicted molar refractivity (Wildman–Crippen MR) is 123 cm³/mol. The summed E-state index contributed by atoms with van der Waals surface area (Å²) in [5.41, 5.74) is 2.48. The lowest BCUT2D eigenvalue weighted by molar-refractivity contribution is -0.139. The molecule has 6 heteroatoms. The van der Waals surface area contributed by atoms with Gasteiger partial charge in [0.15, 0.2) is 0 Å². The van der Waals surface area contributed by atoms with Crippen molar-refractivity contribution in [2.24, 2.45) is 5.92 Å². The smallest absolute Gasteiger partial charge is 0.227 e. The number of nitrogens with zero attached hydrogens (tertiary/aromatic N) is 3. The van der Waals surface area contributed by atoms with Gasteiger partial charge in [-0.25, -0.2) is 0 Å². The number of carbonyl (C=O) groups is 1. The number of carbonyl (C=O) groups excluding carboxylic acids is 1. The van der Waals surface area contributed by atoms with Crippen LogP contribution in [-0.4, -0.2) is 59.9 Å². The highest BCUT2D eigenvalue weighted by atomic mass is 35.5. The molecule has 1 atom stereocenters. The van der Waals surface area contributed by atoms with E-state index in [-0.39, 0.29) is 5.92 Å². The molecular weight excluding hydrogens is 417 g/mol. The molecule has 0 N–H and O–H groups in total. The number of amides is 1. The van der Waals surface area contributed by atoms with Gasteiger partial charge in [0.25, 0.3) is 0 Å². The van der Waals surface area contributed by atoms with Gasteiger partial charge in [-0.2, -0.15) is 0 Å². The van der Waals surface area contributed by atoms with Crippen molar-refractivity contribution < 1.29 is 4.79 Å². The van der Waals surface area contributed by atoms with Crippen LogP contribution in [0.1, 0.15) is 24.0 Å². The van der Waals surface area contributed by atoms with E-state index in [0.717, 1.165) is 70.8 Å².